The van der Waals surface area contributed by atoms with Gasteiger partial charge in [-0.25, -0.2) is 8.42 Å². The van der Waals surface area contributed by atoms with Crippen molar-refractivity contribution in [1.82, 2.24) is 10.2 Å². The molecule has 0 saturated heterocycles. The maximum absolute atomic E-state index is 13.5. The molecule has 0 fully saturated rings. The lowest BCUT2D eigenvalue weighted by Gasteiger charge is -2.32. The van der Waals surface area contributed by atoms with Crippen LogP contribution in [0, 0.1) is 13.8 Å². The van der Waals surface area contributed by atoms with Crippen molar-refractivity contribution in [3.8, 4) is 0 Å². The van der Waals surface area contributed by atoms with Gasteiger partial charge in [-0.1, -0.05) is 42.3 Å². The van der Waals surface area contributed by atoms with Crippen LogP contribution in [0.5, 0.6) is 0 Å². The van der Waals surface area contributed by atoms with Crippen molar-refractivity contribution in [2.24, 2.45) is 0 Å². The molecule has 2 rings (SSSR count). The Balaban J connectivity index is 2.48. The van der Waals surface area contributed by atoms with E-state index in [0.29, 0.717) is 27.7 Å². The zero-order valence-corrected chi connectivity index (χ0v) is 21.7. The van der Waals surface area contributed by atoms with Crippen LogP contribution in [0.25, 0.3) is 0 Å². The molecule has 1 N–H and O–H groups in total. The second-order valence-electron chi connectivity index (χ2n) is 7.92. The molecule has 180 valence electrons. The van der Waals surface area contributed by atoms with Crippen LogP contribution >= 0.6 is 23.2 Å². The van der Waals surface area contributed by atoms with E-state index in [4.69, 9.17) is 23.2 Å². The molecule has 1 unspecified atom stereocenters. The van der Waals surface area contributed by atoms with Gasteiger partial charge in [0.05, 0.1) is 22.0 Å². The van der Waals surface area contributed by atoms with E-state index in [1.54, 1.807) is 37.3 Å². The highest BCUT2D eigenvalue weighted by atomic mass is 35.5. The zero-order valence-electron chi connectivity index (χ0n) is 19.4. The Morgan fingerprint density at radius 3 is 2.12 bits per heavy atom. The molecular formula is C23H29Cl2N3O4S. The van der Waals surface area contributed by atoms with Crippen molar-refractivity contribution < 1.29 is 18.0 Å². The Morgan fingerprint density at radius 1 is 1.03 bits per heavy atom. The first-order chi connectivity index (χ1) is 15.4. The summed E-state index contributed by atoms with van der Waals surface area (Å²) in [7, 11) is -2.29. The number of nitrogens with zero attached hydrogens (tertiary/aromatic N) is 2. The topological polar surface area (TPSA) is 86.8 Å². The van der Waals surface area contributed by atoms with Crippen LogP contribution in [0.4, 0.5) is 5.69 Å². The van der Waals surface area contributed by atoms with Crippen molar-refractivity contribution >= 4 is 50.7 Å². The van der Waals surface area contributed by atoms with Gasteiger partial charge in [0.1, 0.15) is 12.6 Å². The SMILES string of the molecule is CCC(C(=O)NC)N(Cc1ccc(Cl)c(Cl)c1)C(=O)CN(c1cc(C)cc(C)c1)S(C)(=O)=O. The molecule has 0 spiro atoms. The van der Waals surface area contributed by atoms with Crippen LogP contribution in [-0.4, -0.2) is 51.0 Å². The third-order valence-electron chi connectivity index (χ3n) is 5.14. The molecule has 0 heterocycles. The fourth-order valence-corrected chi connectivity index (χ4v) is 4.78. The Kier molecular flexibility index (Phi) is 9.17. The van der Waals surface area contributed by atoms with Crippen molar-refractivity contribution in [2.45, 2.75) is 39.8 Å². The van der Waals surface area contributed by atoms with Crippen molar-refractivity contribution in [1.29, 1.82) is 0 Å². The molecule has 1 atom stereocenters. The summed E-state index contributed by atoms with van der Waals surface area (Å²) >= 11 is 12.1. The van der Waals surface area contributed by atoms with E-state index in [1.165, 1.54) is 11.9 Å². The summed E-state index contributed by atoms with van der Waals surface area (Å²) in [4.78, 5) is 27.4. The largest absolute Gasteiger partial charge is 0.357 e. The minimum atomic E-state index is -3.78. The monoisotopic (exact) mass is 513 g/mol. The first-order valence-corrected chi connectivity index (χ1v) is 13.0. The van der Waals surface area contributed by atoms with Gasteiger partial charge in [0, 0.05) is 13.6 Å². The van der Waals surface area contributed by atoms with Gasteiger partial charge in [0.15, 0.2) is 0 Å². The summed E-state index contributed by atoms with van der Waals surface area (Å²) < 4.78 is 26.3. The van der Waals surface area contributed by atoms with E-state index in [2.05, 4.69) is 5.32 Å². The fourth-order valence-electron chi connectivity index (χ4n) is 3.63. The predicted molar refractivity (Wildman–Crippen MR) is 133 cm³/mol. The normalized spacial score (nSPS) is 12.2. The summed E-state index contributed by atoms with van der Waals surface area (Å²) in [6.45, 7) is 5.11. The van der Waals surface area contributed by atoms with Crippen LogP contribution in [0.3, 0.4) is 0 Å². The van der Waals surface area contributed by atoms with E-state index in [0.717, 1.165) is 21.7 Å². The van der Waals surface area contributed by atoms with Gasteiger partial charge in [-0.2, -0.15) is 0 Å². The second-order valence-corrected chi connectivity index (χ2v) is 10.6. The number of rotatable bonds is 9. The third kappa shape index (κ3) is 7.09. The lowest BCUT2D eigenvalue weighted by Crippen LogP contribution is -2.51. The molecule has 0 aliphatic carbocycles. The third-order valence-corrected chi connectivity index (χ3v) is 7.02. The molecule has 0 aliphatic rings. The van der Waals surface area contributed by atoms with Gasteiger partial charge >= 0.3 is 0 Å². The minimum Gasteiger partial charge on any atom is -0.357 e. The Morgan fingerprint density at radius 2 is 1.64 bits per heavy atom. The number of halogens is 2. The summed E-state index contributed by atoms with van der Waals surface area (Å²) in [6, 6.07) is 9.49. The van der Waals surface area contributed by atoms with E-state index in [1.807, 2.05) is 19.9 Å². The number of sulfonamides is 1. The average molecular weight is 514 g/mol. The van der Waals surface area contributed by atoms with Gasteiger partial charge in [0.2, 0.25) is 21.8 Å². The maximum atomic E-state index is 13.5. The molecule has 2 aromatic carbocycles. The first kappa shape index (κ1) is 27.0. The van der Waals surface area contributed by atoms with E-state index in [-0.39, 0.29) is 12.5 Å². The predicted octanol–water partition coefficient (Wildman–Crippen LogP) is 3.93. The number of carbonyl (C=O) groups is 2. The molecule has 0 aromatic heterocycles. The maximum Gasteiger partial charge on any atom is 0.244 e. The number of carbonyl (C=O) groups excluding carboxylic acids is 2. The number of hydrogen-bond donors (Lipinski definition) is 1. The molecule has 2 aromatic rings. The van der Waals surface area contributed by atoms with E-state index >= 15 is 0 Å². The number of amides is 2. The van der Waals surface area contributed by atoms with Gasteiger partial charge in [-0.3, -0.25) is 13.9 Å². The molecule has 33 heavy (non-hydrogen) atoms. The molecule has 0 radical (unpaired) electrons. The van der Waals surface area contributed by atoms with Crippen molar-refractivity contribution in [2.75, 3.05) is 24.2 Å². The molecular weight excluding hydrogens is 485 g/mol. The Bertz CT molecular complexity index is 1120. The van der Waals surface area contributed by atoms with Crippen LogP contribution in [-0.2, 0) is 26.2 Å². The number of hydrogen-bond acceptors (Lipinski definition) is 4. The smallest absolute Gasteiger partial charge is 0.244 e. The highest BCUT2D eigenvalue weighted by Gasteiger charge is 2.31. The van der Waals surface area contributed by atoms with E-state index < -0.39 is 28.5 Å². The molecule has 0 saturated carbocycles. The van der Waals surface area contributed by atoms with E-state index in [9.17, 15) is 18.0 Å². The summed E-state index contributed by atoms with van der Waals surface area (Å²) in [5, 5.41) is 3.27. The molecule has 10 heteroatoms. The van der Waals surface area contributed by atoms with Crippen LogP contribution in [0.1, 0.15) is 30.0 Å². The Labute approximate surface area is 205 Å². The first-order valence-electron chi connectivity index (χ1n) is 10.4. The number of aryl methyl sites for hydroxylation is 2. The number of benzene rings is 2. The van der Waals surface area contributed by atoms with Crippen molar-refractivity contribution in [3.05, 3.63) is 63.1 Å². The van der Waals surface area contributed by atoms with Crippen molar-refractivity contribution in [3.63, 3.8) is 0 Å². The average Bonchev–Trinajstić information content (AvgIpc) is 2.72. The number of nitrogens with one attached hydrogen (secondary N) is 1. The minimum absolute atomic E-state index is 0.0616. The summed E-state index contributed by atoms with van der Waals surface area (Å²) in [5.41, 5.74) is 2.80. The van der Waals surface area contributed by atoms with Gasteiger partial charge in [-0.05, 0) is 61.2 Å². The molecule has 2 amide bonds. The molecule has 7 nitrogen and oxygen atoms in total. The quantitative estimate of drug-likeness (QED) is 0.550. The zero-order chi connectivity index (χ0) is 24.9. The lowest BCUT2D eigenvalue weighted by atomic mass is 10.1. The summed E-state index contributed by atoms with van der Waals surface area (Å²) in [5.74, 6) is -0.857. The standard InChI is InChI=1S/C23H29Cl2N3O4S/c1-6-21(23(30)26-4)27(13-17-7-8-19(24)20(25)12-17)22(29)14-28(33(5,31)32)18-10-15(2)9-16(3)11-18/h7-12,21H,6,13-14H2,1-5H3,(H,26,30). The van der Waals surface area contributed by atoms with Crippen LogP contribution in [0.2, 0.25) is 10.0 Å². The number of anilines is 1. The second kappa shape index (κ2) is 11.2. The summed E-state index contributed by atoms with van der Waals surface area (Å²) in [6.07, 6.45) is 1.40. The van der Waals surface area contributed by atoms with Crippen LogP contribution in [0.15, 0.2) is 36.4 Å². The highest BCUT2D eigenvalue weighted by molar-refractivity contribution is 7.92. The molecule has 0 bridgehead atoms. The highest BCUT2D eigenvalue weighted by Crippen LogP contribution is 2.25. The molecule has 0 aliphatic heterocycles. The lowest BCUT2D eigenvalue weighted by molar-refractivity contribution is -0.140. The van der Waals surface area contributed by atoms with Gasteiger partial charge in [0.25, 0.3) is 0 Å². The Hall–Kier alpha value is -2.29. The van der Waals surface area contributed by atoms with Gasteiger partial charge in [-0.15, -0.1) is 0 Å². The van der Waals surface area contributed by atoms with Crippen LogP contribution < -0.4 is 9.62 Å². The van der Waals surface area contributed by atoms with Gasteiger partial charge < -0.3 is 10.2 Å². The number of likely N-dealkylation sites (N-methyl/N-ethyl adjacent to an activating group) is 1. The fraction of sp³-hybridized carbons (Fsp3) is 0.391.